The van der Waals surface area contributed by atoms with E-state index in [1.807, 2.05) is 0 Å². The summed E-state index contributed by atoms with van der Waals surface area (Å²) < 4.78 is 0. The van der Waals surface area contributed by atoms with Crippen LogP contribution in [0.5, 0.6) is 0 Å². The Balaban J connectivity index is 1.60. The van der Waals surface area contributed by atoms with Gasteiger partial charge in [-0.05, 0) is 25.2 Å². The molecule has 1 aliphatic carbocycles. The topological polar surface area (TPSA) is 31.9 Å². The molecular formula is C17H29N3. The van der Waals surface area contributed by atoms with Crippen LogP contribution in [0.15, 0.2) is 0 Å². The molecule has 3 nitrogen and oxygen atoms in total. The van der Waals surface area contributed by atoms with Crippen LogP contribution < -0.4 is 0 Å². The molecule has 3 rings (SSSR count). The number of aromatic nitrogens is 2. The van der Waals surface area contributed by atoms with Crippen molar-refractivity contribution < 1.29 is 0 Å². The van der Waals surface area contributed by atoms with Crippen molar-refractivity contribution in [3.63, 3.8) is 0 Å². The maximum Gasteiger partial charge on any atom is 0.0700 e. The van der Waals surface area contributed by atoms with Gasteiger partial charge in [0.1, 0.15) is 0 Å². The molecule has 1 saturated carbocycles. The highest BCUT2D eigenvalue weighted by molar-refractivity contribution is 5.32. The minimum Gasteiger partial charge on any atom is -0.298 e. The number of H-pyrrole nitrogens is 1. The zero-order valence-corrected chi connectivity index (χ0v) is 13.1. The summed E-state index contributed by atoms with van der Waals surface area (Å²) in [6.45, 7) is 8.28. The lowest BCUT2D eigenvalue weighted by Crippen LogP contribution is -2.34. The summed E-state index contributed by atoms with van der Waals surface area (Å²) in [5, 5.41) is 7.88. The maximum atomic E-state index is 4.59. The van der Waals surface area contributed by atoms with Gasteiger partial charge in [-0.2, -0.15) is 5.10 Å². The van der Waals surface area contributed by atoms with Gasteiger partial charge >= 0.3 is 0 Å². The first-order valence-corrected chi connectivity index (χ1v) is 8.60. The zero-order valence-electron chi connectivity index (χ0n) is 13.1. The van der Waals surface area contributed by atoms with E-state index in [0.717, 1.165) is 18.4 Å². The Labute approximate surface area is 123 Å². The number of unbranched alkanes of at least 4 members (excludes halogenated alkanes) is 1. The molecule has 2 aliphatic rings. The highest BCUT2D eigenvalue weighted by Crippen LogP contribution is 2.42. The summed E-state index contributed by atoms with van der Waals surface area (Å²) in [6.07, 6.45) is 9.31. The molecule has 1 aromatic heterocycles. The largest absolute Gasteiger partial charge is 0.298 e. The molecule has 20 heavy (non-hydrogen) atoms. The van der Waals surface area contributed by atoms with Crippen LogP contribution >= 0.6 is 0 Å². The molecule has 1 unspecified atom stereocenters. The normalized spacial score (nSPS) is 20.9. The molecule has 0 bridgehead atoms. The summed E-state index contributed by atoms with van der Waals surface area (Å²) in [5.41, 5.74) is 4.36. The van der Waals surface area contributed by atoms with Crippen LogP contribution in [-0.4, -0.2) is 28.2 Å². The Morgan fingerprint density at radius 3 is 2.90 bits per heavy atom. The van der Waals surface area contributed by atoms with Gasteiger partial charge in [0, 0.05) is 43.2 Å². The minimum atomic E-state index is 0.775. The van der Waals surface area contributed by atoms with Gasteiger partial charge in [0.2, 0.25) is 0 Å². The third-order valence-corrected chi connectivity index (χ3v) is 5.07. The molecule has 0 amide bonds. The van der Waals surface area contributed by atoms with E-state index in [-0.39, 0.29) is 0 Å². The summed E-state index contributed by atoms with van der Waals surface area (Å²) in [4.78, 5) is 2.67. The van der Waals surface area contributed by atoms with Gasteiger partial charge in [-0.25, -0.2) is 0 Å². The van der Waals surface area contributed by atoms with E-state index in [1.54, 1.807) is 5.56 Å². The maximum absolute atomic E-state index is 4.59. The summed E-state index contributed by atoms with van der Waals surface area (Å²) in [7, 11) is 0. The fraction of sp³-hybridized carbons (Fsp3) is 0.824. The van der Waals surface area contributed by atoms with E-state index in [1.165, 1.54) is 69.4 Å². The quantitative estimate of drug-likeness (QED) is 0.819. The molecule has 1 fully saturated rings. The van der Waals surface area contributed by atoms with Gasteiger partial charge in [0.25, 0.3) is 0 Å². The Bertz CT molecular complexity index is 433. The van der Waals surface area contributed by atoms with E-state index < -0.39 is 0 Å². The average molecular weight is 275 g/mol. The van der Waals surface area contributed by atoms with Crippen LogP contribution in [-0.2, 0) is 13.0 Å². The summed E-state index contributed by atoms with van der Waals surface area (Å²) in [6, 6.07) is 0. The van der Waals surface area contributed by atoms with Crippen molar-refractivity contribution in [2.75, 3.05) is 13.1 Å². The molecule has 0 radical (unpaired) electrons. The fourth-order valence-electron chi connectivity index (χ4n) is 3.51. The second kappa shape index (κ2) is 6.30. The van der Waals surface area contributed by atoms with Crippen LogP contribution in [0.3, 0.4) is 0 Å². The van der Waals surface area contributed by atoms with Gasteiger partial charge < -0.3 is 0 Å². The highest BCUT2D eigenvalue weighted by Gasteiger charge is 2.32. The van der Waals surface area contributed by atoms with Crippen molar-refractivity contribution in [2.24, 2.45) is 5.92 Å². The molecule has 3 heteroatoms. The predicted octanol–water partition coefficient (Wildman–Crippen LogP) is 3.86. The van der Waals surface area contributed by atoms with Crippen molar-refractivity contribution >= 4 is 0 Å². The highest BCUT2D eigenvalue weighted by atomic mass is 15.2. The number of nitrogens with one attached hydrogen (secondary N) is 1. The first kappa shape index (κ1) is 14.1. The van der Waals surface area contributed by atoms with Crippen molar-refractivity contribution in [1.82, 2.24) is 15.1 Å². The van der Waals surface area contributed by atoms with Crippen LogP contribution in [0.2, 0.25) is 0 Å². The Morgan fingerprint density at radius 2 is 2.20 bits per heavy atom. The lowest BCUT2D eigenvalue weighted by molar-refractivity contribution is 0.202. The molecule has 1 aromatic rings. The van der Waals surface area contributed by atoms with E-state index in [4.69, 9.17) is 0 Å². The van der Waals surface area contributed by atoms with E-state index in [2.05, 4.69) is 28.9 Å². The fourth-order valence-corrected chi connectivity index (χ4v) is 3.51. The zero-order chi connectivity index (χ0) is 13.9. The number of hydrogen-bond acceptors (Lipinski definition) is 2. The van der Waals surface area contributed by atoms with Crippen LogP contribution in [0, 0.1) is 5.92 Å². The van der Waals surface area contributed by atoms with Crippen molar-refractivity contribution in [2.45, 2.75) is 71.3 Å². The second-order valence-corrected chi connectivity index (χ2v) is 6.74. The molecule has 2 heterocycles. The Morgan fingerprint density at radius 1 is 1.35 bits per heavy atom. The van der Waals surface area contributed by atoms with Gasteiger partial charge in [-0.15, -0.1) is 0 Å². The van der Waals surface area contributed by atoms with E-state index in [9.17, 15) is 0 Å². The number of hydrogen-bond donors (Lipinski definition) is 1. The minimum absolute atomic E-state index is 0.775. The number of fused-ring (bicyclic) bond motifs is 1. The Hall–Kier alpha value is -0.830. The molecule has 0 saturated heterocycles. The number of nitrogens with zero attached hydrogens (tertiary/aromatic N) is 2. The molecule has 1 N–H and O–H groups in total. The van der Waals surface area contributed by atoms with Gasteiger partial charge in [-0.3, -0.25) is 10.00 Å². The van der Waals surface area contributed by atoms with Crippen LogP contribution in [0.25, 0.3) is 0 Å². The third kappa shape index (κ3) is 3.08. The molecule has 1 atom stereocenters. The number of aromatic amines is 1. The van der Waals surface area contributed by atoms with E-state index >= 15 is 0 Å². The summed E-state index contributed by atoms with van der Waals surface area (Å²) in [5.74, 6) is 1.66. The van der Waals surface area contributed by atoms with E-state index in [0.29, 0.717) is 0 Å². The molecule has 1 aliphatic heterocycles. The monoisotopic (exact) mass is 275 g/mol. The van der Waals surface area contributed by atoms with Gasteiger partial charge in [0.05, 0.1) is 5.69 Å². The van der Waals surface area contributed by atoms with Crippen LogP contribution in [0.4, 0.5) is 0 Å². The first-order valence-electron chi connectivity index (χ1n) is 8.60. The smallest absolute Gasteiger partial charge is 0.0700 e. The third-order valence-electron chi connectivity index (χ3n) is 5.07. The predicted molar refractivity (Wildman–Crippen MR) is 82.8 cm³/mol. The SMILES string of the molecule is CCCCC(CC)CN1CCc2[nH]nc(C3CC3)c2C1. The van der Waals surface area contributed by atoms with Crippen molar-refractivity contribution in [1.29, 1.82) is 0 Å². The second-order valence-electron chi connectivity index (χ2n) is 6.74. The number of rotatable bonds is 7. The van der Waals surface area contributed by atoms with Gasteiger partial charge in [0.15, 0.2) is 0 Å². The summed E-state index contributed by atoms with van der Waals surface area (Å²) >= 11 is 0. The van der Waals surface area contributed by atoms with Crippen molar-refractivity contribution in [3.05, 3.63) is 17.0 Å². The molecular weight excluding hydrogens is 246 g/mol. The Kier molecular flexibility index (Phi) is 4.45. The van der Waals surface area contributed by atoms with Crippen LogP contribution in [0.1, 0.15) is 75.2 Å². The standard InChI is InChI=1S/C17H29N3/c1-3-5-6-13(4-2)11-20-10-9-16-15(12-20)17(19-18-16)14-7-8-14/h13-14H,3-12H2,1-2H3,(H,18,19). The molecule has 0 aromatic carbocycles. The van der Waals surface area contributed by atoms with Crippen molar-refractivity contribution in [3.8, 4) is 0 Å². The first-order chi connectivity index (χ1) is 9.81. The lowest BCUT2D eigenvalue weighted by atomic mass is 9.96. The van der Waals surface area contributed by atoms with Gasteiger partial charge in [-0.1, -0.05) is 33.1 Å². The molecule has 0 spiro atoms. The average Bonchev–Trinajstić information content (AvgIpc) is 3.23. The molecule has 112 valence electrons. The lowest BCUT2D eigenvalue weighted by Gasteiger charge is -2.30.